The van der Waals surface area contributed by atoms with Gasteiger partial charge in [-0.2, -0.15) is 0 Å². The van der Waals surface area contributed by atoms with Gasteiger partial charge in [0, 0.05) is 18.2 Å². The average Bonchev–Trinajstić information content (AvgIpc) is 2.92. The number of benzene rings is 1. The summed E-state index contributed by atoms with van der Waals surface area (Å²) in [6, 6.07) is 3.52. The van der Waals surface area contributed by atoms with E-state index in [1.807, 2.05) is 0 Å². The van der Waals surface area contributed by atoms with Crippen LogP contribution in [-0.4, -0.2) is 18.0 Å². The number of halogens is 3. The topological polar surface area (TPSA) is 41.1 Å². The standard InChI is InChI=1S/C16H20F2N2O.ClH/c17-12-5-6-13(18)11(7-12)9-19-16(21)15-8-10-3-1-2-4-14(10)20-15;/h5-7,10,14-15,20H,1-4,8-9H2,(H,19,21);1H. The van der Waals surface area contributed by atoms with Crippen LogP contribution in [0, 0.1) is 17.6 Å². The molecular formula is C16H21ClF2N2O. The SMILES string of the molecule is Cl.O=C(NCc1cc(F)ccc1F)C1CC2CCCCC2N1. The van der Waals surface area contributed by atoms with Crippen LogP contribution in [0.25, 0.3) is 0 Å². The Bertz CT molecular complexity index is 527. The molecule has 1 amide bonds. The summed E-state index contributed by atoms with van der Waals surface area (Å²) in [5, 5.41) is 6.09. The van der Waals surface area contributed by atoms with Crippen molar-refractivity contribution in [2.75, 3.05) is 0 Å². The van der Waals surface area contributed by atoms with E-state index in [0.29, 0.717) is 12.0 Å². The Morgan fingerprint density at radius 2 is 2.05 bits per heavy atom. The average molecular weight is 331 g/mol. The lowest BCUT2D eigenvalue weighted by atomic mass is 9.85. The van der Waals surface area contributed by atoms with Crippen molar-refractivity contribution in [3.63, 3.8) is 0 Å². The second-order valence-electron chi connectivity index (χ2n) is 6.06. The maximum atomic E-state index is 13.5. The van der Waals surface area contributed by atoms with E-state index in [-0.39, 0.29) is 36.5 Å². The number of nitrogens with one attached hydrogen (secondary N) is 2. The molecule has 1 aliphatic heterocycles. The zero-order valence-electron chi connectivity index (χ0n) is 12.3. The van der Waals surface area contributed by atoms with Crippen molar-refractivity contribution in [2.24, 2.45) is 5.92 Å². The molecule has 0 spiro atoms. The Morgan fingerprint density at radius 1 is 1.27 bits per heavy atom. The van der Waals surface area contributed by atoms with E-state index in [9.17, 15) is 13.6 Å². The molecule has 1 aliphatic carbocycles. The monoisotopic (exact) mass is 330 g/mol. The number of rotatable bonds is 3. The maximum Gasteiger partial charge on any atom is 0.237 e. The lowest BCUT2D eigenvalue weighted by Crippen LogP contribution is -2.43. The molecule has 0 radical (unpaired) electrons. The summed E-state index contributed by atoms with van der Waals surface area (Å²) >= 11 is 0. The minimum Gasteiger partial charge on any atom is -0.351 e. The van der Waals surface area contributed by atoms with E-state index in [4.69, 9.17) is 0 Å². The number of carbonyl (C=O) groups is 1. The Hall–Kier alpha value is -1.20. The fourth-order valence-corrected chi connectivity index (χ4v) is 3.51. The van der Waals surface area contributed by atoms with Gasteiger partial charge in [0.1, 0.15) is 11.6 Å². The van der Waals surface area contributed by atoms with Crippen LogP contribution in [0.2, 0.25) is 0 Å². The molecule has 2 aliphatic rings. The highest BCUT2D eigenvalue weighted by molar-refractivity contribution is 5.85. The minimum atomic E-state index is -0.496. The van der Waals surface area contributed by atoms with E-state index in [0.717, 1.165) is 31.0 Å². The molecule has 3 unspecified atom stereocenters. The molecule has 122 valence electrons. The summed E-state index contributed by atoms with van der Waals surface area (Å²) in [5.41, 5.74) is 0.179. The van der Waals surface area contributed by atoms with Gasteiger partial charge in [0.25, 0.3) is 0 Å². The summed E-state index contributed by atoms with van der Waals surface area (Å²) in [5.74, 6) is -0.524. The summed E-state index contributed by atoms with van der Waals surface area (Å²) in [7, 11) is 0. The number of hydrogen-bond acceptors (Lipinski definition) is 2. The second kappa shape index (κ2) is 7.38. The first kappa shape index (κ1) is 17.2. The van der Waals surface area contributed by atoms with Crippen molar-refractivity contribution >= 4 is 18.3 Å². The van der Waals surface area contributed by atoms with Crippen molar-refractivity contribution in [1.29, 1.82) is 0 Å². The predicted octanol–water partition coefficient (Wildman–Crippen LogP) is 2.92. The first-order chi connectivity index (χ1) is 10.1. The van der Waals surface area contributed by atoms with Crippen molar-refractivity contribution < 1.29 is 13.6 Å². The van der Waals surface area contributed by atoms with E-state index in [1.165, 1.54) is 19.3 Å². The van der Waals surface area contributed by atoms with Crippen molar-refractivity contribution in [1.82, 2.24) is 10.6 Å². The van der Waals surface area contributed by atoms with E-state index >= 15 is 0 Å². The fraction of sp³-hybridized carbons (Fsp3) is 0.562. The summed E-state index contributed by atoms with van der Waals surface area (Å²) < 4.78 is 26.6. The van der Waals surface area contributed by atoms with Crippen LogP contribution in [0.1, 0.15) is 37.7 Å². The lowest BCUT2D eigenvalue weighted by Gasteiger charge is -2.24. The van der Waals surface area contributed by atoms with Gasteiger partial charge in [-0.1, -0.05) is 12.8 Å². The highest BCUT2D eigenvalue weighted by Gasteiger charge is 2.38. The van der Waals surface area contributed by atoms with Gasteiger partial charge in [0.2, 0.25) is 5.91 Å². The number of amides is 1. The number of fused-ring (bicyclic) bond motifs is 1. The largest absolute Gasteiger partial charge is 0.351 e. The third kappa shape index (κ3) is 3.76. The highest BCUT2D eigenvalue weighted by atomic mass is 35.5. The van der Waals surface area contributed by atoms with Crippen molar-refractivity contribution in [3.05, 3.63) is 35.4 Å². The number of carbonyl (C=O) groups excluding carboxylic acids is 1. The van der Waals surface area contributed by atoms with Gasteiger partial charge in [0.05, 0.1) is 6.04 Å². The molecule has 1 saturated heterocycles. The van der Waals surface area contributed by atoms with Crippen LogP contribution in [0.4, 0.5) is 8.78 Å². The molecule has 3 nitrogen and oxygen atoms in total. The summed E-state index contributed by atoms with van der Waals surface area (Å²) in [6.07, 6.45) is 5.62. The van der Waals surface area contributed by atoms with E-state index < -0.39 is 11.6 Å². The Morgan fingerprint density at radius 3 is 2.82 bits per heavy atom. The third-order valence-electron chi connectivity index (χ3n) is 4.64. The lowest BCUT2D eigenvalue weighted by molar-refractivity contribution is -0.123. The first-order valence-electron chi connectivity index (χ1n) is 7.61. The highest BCUT2D eigenvalue weighted by Crippen LogP contribution is 2.33. The fourth-order valence-electron chi connectivity index (χ4n) is 3.51. The Labute approximate surface area is 135 Å². The van der Waals surface area contributed by atoms with Gasteiger partial charge in [-0.25, -0.2) is 8.78 Å². The third-order valence-corrected chi connectivity index (χ3v) is 4.64. The Kier molecular flexibility index (Phi) is 5.75. The van der Waals surface area contributed by atoms with Gasteiger partial charge in [-0.05, 0) is 43.4 Å². The summed E-state index contributed by atoms with van der Waals surface area (Å²) in [6.45, 7) is 0.0237. The van der Waals surface area contributed by atoms with E-state index in [1.54, 1.807) is 0 Å². The van der Waals surface area contributed by atoms with Crippen molar-refractivity contribution in [2.45, 2.75) is 50.7 Å². The molecule has 2 fully saturated rings. The molecule has 3 rings (SSSR count). The Balaban J connectivity index is 0.00000176. The van der Waals surface area contributed by atoms with Gasteiger partial charge in [-0.3, -0.25) is 4.79 Å². The second-order valence-corrected chi connectivity index (χ2v) is 6.06. The summed E-state index contributed by atoms with van der Waals surface area (Å²) in [4.78, 5) is 12.2. The molecule has 0 bridgehead atoms. The van der Waals surface area contributed by atoms with E-state index in [2.05, 4.69) is 10.6 Å². The van der Waals surface area contributed by atoms with Gasteiger partial charge in [-0.15, -0.1) is 12.4 Å². The molecule has 6 heteroatoms. The molecule has 1 saturated carbocycles. The zero-order chi connectivity index (χ0) is 14.8. The van der Waals surface area contributed by atoms with Crippen LogP contribution in [0.5, 0.6) is 0 Å². The minimum absolute atomic E-state index is 0. The molecule has 1 aromatic carbocycles. The molecule has 1 heterocycles. The van der Waals surface area contributed by atoms with Crippen LogP contribution in [0.15, 0.2) is 18.2 Å². The predicted molar refractivity (Wildman–Crippen MR) is 82.7 cm³/mol. The maximum absolute atomic E-state index is 13.5. The van der Waals surface area contributed by atoms with Gasteiger partial charge in [0.15, 0.2) is 0 Å². The normalized spacial score (nSPS) is 26.9. The molecule has 22 heavy (non-hydrogen) atoms. The van der Waals surface area contributed by atoms with Crippen LogP contribution in [0.3, 0.4) is 0 Å². The first-order valence-corrected chi connectivity index (χ1v) is 7.61. The smallest absolute Gasteiger partial charge is 0.237 e. The van der Waals surface area contributed by atoms with Gasteiger partial charge < -0.3 is 10.6 Å². The van der Waals surface area contributed by atoms with Crippen LogP contribution in [-0.2, 0) is 11.3 Å². The molecule has 0 aromatic heterocycles. The van der Waals surface area contributed by atoms with Crippen LogP contribution >= 0.6 is 12.4 Å². The molecule has 2 N–H and O–H groups in total. The van der Waals surface area contributed by atoms with Crippen molar-refractivity contribution in [3.8, 4) is 0 Å². The molecule has 1 aromatic rings. The molecular weight excluding hydrogens is 310 g/mol. The van der Waals surface area contributed by atoms with Crippen LogP contribution < -0.4 is 10.6 Å². The molecule has 3 atom stereocenters. The quantitative estimate of drug-likeness (QED) is 0.894. The number of hydrogen-bond donors (Lipinski definition) is 2. The van der Waals surface area contributed by atoms with Gasteiger partial charge >= 0.3 is 0 Å². The zero-order valence-corrected chi connectivity index (χ0v) is 13.1.